The minimum atomic E-state index is -4.58. The van der Waals surface area contributed by atoms with E-state index in [1.54, 1.807) is 0 Å². The number of hydrogen-bond donors (Lipinski definition) is 2. The monoisotopic (exact) mass is 493 g/mol. The number of rotatable bonds is 12. The summed E-state index contributed by atoms with van der Waals surface area (Å²) in [5, 5.41) is 0. The first-order valence-electron chi connectivity index (χ1n) is 9.54. The molecule has 8 nitrogen and oxygen atoms in total. The maximum absolute atomic E-state index is 14.3. The predicted molar refractivity (Wildman–Crippen MR) is 113 cm³/mol. The molecule has 2 N–H and O–H groups in total. The molecule has 0 saturated carbocycles. The molecule has 0 spiro atoms. The molecule has 0 aliphatic rings. The Labute approximate surface area is 186 Å². The zero-order chi connectivity index (χ0) is 24.0. The number of methoxy groups -OCH3 is 2. The fourth-order valence-electron chi connectivity index (χ4n) is 2.96. The first-order valence-corrected chi connectivity index (χ1v) is 12.5. The number of hydrogen-bond acceptors (Lipinski definition) is 6. The summed E-state index contributed by atoms with van der Waals surface area (Å²) in [7, 11) is -5.64. The van der Waals surface area contributed by atoms with Gasteiger partial charge in [-0.2, -0.15) is 8.42 Å². The summed E-state index contributed by atoms with van der Waals surface area (Å²) in [5.74, 6) is -2.43. The molecule has 0 atom stereocenters. The molecular weight excluding hydrogens is 468 g/mol. The minimum absolute atomic E-state index is 0.00623. The number of ether oxygens (including phenoxy) is 2. The molecule has 2 aromatic carbocycles. The average molecular weight is 494 g/mol. The number of benzene rings is 2. The molecule has 0 aliphatic carbocycles. The van der Waals surface area contributed by atoms with Gasteiger partial charge < -0.3 is 9.47 Å². The van der Waals surface area contributed by atoms with Crippen LogP contribution in [0.2, 0.25) is 0 Å². The normalized spacial score (nSPS) is 12.5. The van der Waals surface area contributed by atoms with Crippen LogP contribution in [-0.4, -0.2) is 48.1 Å². The van der Waals surface area contributed by atoms with Gasteiger partial charge >= 0.3 is 0 Å². The Morgan fingerprint density at radius 1 is 0.938 bits per heavy atom. The van der Waals surface area contributed by atoms with Crippen molar-refractivity contribution in [1.29, 1.82) is 0 Å². The predicted octanol–water partition coefficient (Wildman–Crippen LogP) is 3.28. The first kappa shape index (κ1) is 26.0. The van der Waals surface area contributed by atoms with Crippen molar-refractivity contribution in [2.75, 3.05) is 20.8 Å². The van der Waals surface area contributed by atoms with Crippen molar-refractivity contribution in [3.63, 3.8) is 0 Å². The summed E-state index contributed by atoms with van der Waals surface area (Å²) in [6.45, 7) is -0.195. The maximum atomic E-state index is 14.3. The lowest BCUT2D eigenvalue weighted by Crippen LogP contribution is -2.27. The van der Waals surface area contributed by atoms with Crippen LogP contribution in [0.5, 0.6) is 11.5 Å². The van der Waals surface area contributed by atoms with Crippen LogP contribution in [0.3, 0.4) is 0 Å². The highest BCUT2D eigenvalue weighted by Gasteiger charge is 2.29. The van der Waals surface area contributed by atoms with E-state index in [0.717, 1.165) is 6.07 Å². The molecule has 0 aliphatic heterocycles. The highest BCUT2D eigenvalue weighted by atomic mass is 32.2. The van der Waals surface area contributed by atoms with E-state index in [4.69, 9.17) is 9.47 Å². The van der Waals surface area contributed by atoms with E-state index >= 15 is 0 Å². The Kier molecular flexibility index (Phi) is 8.57. The smallest absolute Gasteiger partial charge is 0.294 e. The molecule has 0 saturated heterocycles. The topological polar surface area (TPSA) is 119 Å². The van der Waals surface area contributed by atoms with Crippen molar-refractivity contribution >= 4 is 20.1 Å². The third kappa shape index (κ3) is 7.40. The molecule has 0 amide bonds. The fourth-order valence-corrected chi connectivity index (χ4v) is 4.77. The zero-order valence-electron chi connectivity index (χ0n) is 17.5. The van der Waals surface area contributed by atoms with E-state index in [-0.39, 0.29) is 35.6 Å². The van der Waals surface area contributed by atoms with Crippen molar-refractivity contribution in [1.82, 2.24) is 4.72 Å². The third-order valence-corrected chi connectivity index (χ3v) is 7.12. The number of halogens is 2. The van der Waals surface area contributed by atoms with Gasteiger partial charge in [0.15, 0.2) is 0 Å². The second-order valence-electron chi connectivity index (χ2n) is 6.98. The third-order valence-electron chi connectivity index (χ3n) is 4.69. The van der Waals surface area contributed by atoms with Crippen molar-refractivity contribution in [2.24, 2.45) is 0 Å². The van der Waals surface area contributed by atoms with Gasteiger partial charge in [0.05, 0.1) is 24.0 Å². The fraction of sp³-hybridized carbons (Fsp3) is 0.400. The van der Waals surface area contributed by atoms with Crippen LogP contribution in [0.1, 0.15) is 24.8 Å². The van der Waals surface area contributed by atoms with Crippen LogP contribution in [0.25, 0.3) is 0 Å². The van der Waals surface area contributed by atoms with Gasteiger partial charge in [-0.1, -0.05) is 0 Å². The number of alkyl halides is 2. The highest BCUT2D eigenvalue weighted by Crippen LogP contribution is 2.30. The summed E-state index contributed by atoms with van der Waals surface area (Å²) >= 11 is 0. The summed E-state index contributed by atoms with van der Waals surface area (Å²) in [6.07, 6.45) is -1.75. The van der Waals surface area contributed by atoms with E-state index in [9.17, 15) is 30.2 Å². The summed E-state index contributed by atoms with van der Waals surface area (Å²) in [4.78, 5) is -0.470. The molecule has 0 fully saturated rings. The second kappa shape index (κ2) is 10.6. The highest BCUT2D eigenvalue weighted by molar-refractivity contribution is 7.89. The Balaban J connectivity index is 1.93. The van der Waals surface area contributed by atoms with Crippen molar-refractivity contribution in [3.05, 3.63) is 48.0 Å². The lowest BCUT2D eigenvalue weighted by molar-refractivity contribution is -0.0173. The van der Waals surface area contributed by atoms with E-state index in [1.807, 2.05) is 0 Å². The van der Waals surface area contributed by atoms with Crippen LogP contribution < -0.4 is 14.2 Å². The van der Waals surface area contributed by atoms with Crippen LogP contribution in [0, 0.1) is 0 Å². The lowest BCUT2D eigenvalue weighted by Gasteiger charge is -2.17. The van der Waals surface area contributed by atoms with Crippen LogP contribution in [-0.2, 0) is 26.6 Å². The van der Waals surface area contributed by atoms with E-state index in [0.29, 0.717) is 5.75 Å². The first-order chi connectivity index (χ1) is 14.9. The molecule has 2 rings (SSSR count). The summed E-state index contributed by atoms with van der Waals surface area (Å²) in [5.41, 5.74) is 0.00623. The Hall–Kier alpha value is -2.28. The molecule has 0 bridgehead atoms. The molecule has 0 heterocycles. The van der Waals surface area contributed by atoms with Gasteiger partial charge in [0.1, 0.15) is 11.5 Å². The van der Waals surface area contributed by atoms with Gasteiger partial charge in [0, 0.05) is 19.4 Å². The minimum Gasteiger partial charge on any atom is -0.497 e. The molecule has 2 aromatic rings. The molecule has 12 heteroatoms. The van der Waals surface area contributed by atoms with Gasteiger partial charge in [-0.25, -0.2) is 21.9 Å². The quantitative estimate of drug-likeness (QED) is 0.344. The standard InChI is InChI=1S/C20H25F2NO7S2/c1-29-16-4-7-18(8-5-16)31(24,25)23-13-3-11-20(21,22)12-10-15-14-17(30-2)6-9-19(15)32(26,27)28/h4-9,14,23H,3,10-13H2,1-2H3,(H,26,27,28). The molecule has 32 heavy (non-hydrogen) atoms. The van der Waals surface area contributed by atoms with Gasteiger partial charge in [0.2, 0.25) is 15.9 Å². The Morgan fingerprint density at radius 2 is 1.53 bits per heavy atom. The van der Waals surface area contributed by atoms with Crippen LogP contribution in [0.4, 0.5) is 8.78 Å². The summed E-state index contributed by atoms with van der Waals surface area (Å²) in [6, 6.07) is 9.31. The molecule has 0 aromatic heterocycles. The average Bonchev–Trinajstić information content (AvgIpc) is 2.74. The van der Waals surface area contributed by atoms with Crippen molar-refractivity contribution < 1.29 is 39.6 Å². The van der Waals surface area contributed by atoms with E-state index < -0.39 is 43.8 Å². The molecule has 178 valence electrons. The largest absolute Gasteiger partial charge is 0.497 e. The Bertz CT molecular complexity index is 1120. The lowest BCUT2D eigenvalue weighted by atomic mass is 10.0. The van der Waals surface area contributed by atoms with Crippen molar-refractivity contribution in [2.45, 2.75) is 41.4 Å². The zero-order valence-corrected chi connectivity index (χ0v) is 19.2. The van der Waals surface area contributed by atoms with Crippen molar-refractivity contribution in [3.8, 4) is 11.5 Å². The SMILES string of the molecule is COc1ccc(S(=O)(=O)NCCCC(F)(F)CCc2cc(OC)ccc2S(=O)(=O)O)cc1. The van der Waals surface area contributed by atoms with Gasteiger partial charge in [-0.15, -0.1) is 0 Å². The van der Waals surface area contributed by atoms with E-state index in [1.165, 1.54) is 50.6 Å². The molecule has 0 unspecified atom stereocenters. The van der Waals surface area contributed by atoms with Gasteiger partial charge in [0.25, 0.3) is 10.1 Å². The molecule has 0 radical (unpaired) electrons. The van der Waals surface area contributed by atoms with Gasteiger partial charge in [-0.05, 0) is 60.9 Å². The number of sulfonamides is 1. The Morgan fingerprint density at radius 3 is 2.09 bits per heavy atom. The van der Waals surface area contributed by atoms with Crippen LogP contribution >= 0.6 is 0 Å². The van der Waals surface area contributed by atoms with Gasteiger partial charge in [-0.3, -0.25) is 4.55 Å². The van der Waals surface area contributed by atoms with Crippen LogP contribution in [0.15, 0.2) is 52.3 Å². The second-order valence-corrected chi connectivity index (χ2v) is 10.1. The van der Waals surface area contributed by atoms with E-state index in [2.05, 4.69) is 4.72 Å². The number of nitrogens with one attached hydrogen (secondary N) is 1. The summed E-state index contributed by atoms with van der Waals surface area (Å²) < 4.78 is 97.6. The number of aryl methyl sites for hydroxylation is 1. The maximum Gasteiger partial charge on any atom is 0.294 e. The molecular formula is C20H25F2NO7S2.